The first-order valence-corrected chi connectivity index (χ1v) is 7.89. The minimum absolute atomic E-state index is 0.165. The lowest BCUT2D eigenvalue weighted by atomic mass is 10.2. The molecular formula is C16H12BrFN4O2. The first-order valence-electron chi connectivity index (χ1n) is 7.10. The Morgan fingerprint density at radius 2 is 2.21 bits per heavy atom. The lowest BCUT2D eigenvalue weighted by Gasteiger charge is -2.06. The van der Waals surface area contributed by atoms with E-state index in [2.05, 4.69) is 36.4 Å². The average Bonchev–Trinajstić information content (AvgIpc) is 3.05. The van der Waals surface area contributed by atoms with Crippen LogP contribution >= 0.6 is 15.9 Å². The molecule has 24 heavy (non-hydrogen) atoms. The molecule has 0 fully saturated rings. The molecule has 122 valence electrons. The number of aryl methyl sites for hydroxylation is 1. The molecule has 6 nitrogen and oxygen atoms in total. The number of amides is 1. The smallest absolute Gasteiger partial charge is 0.227 e. The minimum Gasteiger partial charge on any atom is -0.339 e. The molecule has 0 aliphatic rings. The molecule has 0 aliphatic carbocycles. The van der Waals surface area contributed by atoms with Crippen LogP contribution in [0.2, 0.25) is 0 Å². The summed E-state index contributed by atoms with van der Waals surface area (Å²) in [5.74, 6) is 0.180. The second kappa shape index (κ2) is 7.31. The number of nitrogens with one attached hydrogen (secondary N) is 1. The van der Waals surface area contributed by atoms with Gasteiger partial charge in [0, 0.05) is 35.3 Å². The number of anilines is 1. The Labute approximate surface area is 145 Å². The Hall–Kier alpha value is -2.61. The van der Waals surface area contributed by atoms with Gasteiger partial charge in [-0.2, -0.15) is 4.98 Å². The Bertz CT molecular complexity index is 854. The van der Waals surface area contributed by atoms with Gasteiger partial charge in [0.05, 0.1) is 5.69 Å². The number of pyridine rings is 1. The third kappa shape index (κ3) is 4.02. The van der Waals surface area contributed by atoms with Gasteiger partial charge in [0.2, 0.25) is 17.6 Å². The van der Waals surface area contributed by atoms with Crippen molar-refractivity contribution < 1.29 is 13.7 Å². The minimum atomic E-state index is -0.381. The molecule has 2 heterocycles. The molecule has 2 aromatic heterocycles. The number of carbonyl (C=O) groups is 1. The maximum absolute atomic E-state index is 13.0. The highest BCUT2D eigenvalue weighted by Crippen LogP contribution is 2.23. The van der Waals surface area contributed by atoms with Crippen molar-refractivity contribution in [2.45, 2.75) is 12.8 Å². The van der Waals surface area contributed by atoms with Crippen molar-refractivity contribution in [2.75, 3.05) is 5.32 Å². The summed E-state index contributed by atoms with van der Waals surface area (Å²) < 4.78 is 18.6. The van der Waals surface area contributed by atoms with Crippen LogP contribution in [0.25, 0.3) is 11.4 Å². The Balaban J connectivity index is 1.58. The maximum atomic E-state index is 13.0. The quantitative estimate of drug-likeness (QED) is 0.719. The summed E-state index contributed by atoms with van der Waals surface area (Å²) in [4.78, 5) is 20.2. The van der Waals surface area contributed by atoms with E-state index in [9.17, 15) is 9.18 Å². The predicted octanol–water partition coefficient (Wildman–Crippen LogP) is 3.60. The summed E-state index contributed by atoms with van der Waals surface area (Å²) in [6.07, 6.45) is 3.76. The van der Waals surface area contributed by atoms with E-state index in [1.807, 2.05) is 6.07 Å². The van der Waals surface area contributed by atoms with E-state index in [0.717, 1.165) is 5.56 Å². The third-order valence-corrected chi connectivity index (χ3v) is 3.82. The Kier molecular flexibility index (Phi) is 4.95. The summed E-state index contributed by atoms with van der Waals surface area (Å²) in [5.41, 5.74) is 1.25. The van der Waals surface area contributed by atoms with Crippen LogP contribution in [0.3, 0.4) is 0 Å². The number of rotatable bonds is 5. The molecule has 0 unspecified atom stereocenters. The van der Waals surface area contributed by atoms with Crippen molar-refractivity contribution >= 4 is 27.5 Å². The number of nitrogens with zero attached hydrogens (tertiary/aromatic N) is 3. The maximum Gasteiger partial charge on any atom is 0.227 e. The molecule has 1 amide bonds. The molecule has 0 bridgehead atoms. The lowest BCUT2D eigenvalue weighted by molar-refractivity contribution is -0.116. The van der Waals surface area contributed by atoms with Crippen molar-refractivity contribution in [3.8, 4) is 11.4 Å². The number of halogens is 2. The van der Waals surface area contributed by atoms with Crippen molar-refractivity contribution in [3.63, 3.8) is 0 Å². The summed E-state index contributed by atoms with van der Waals surface area (Å²) in [7, 11) is 0. The second-order valence-corrected chi connectivity index (χ2v) is 5.78. The first kappa shape index (κ1) is 16.3. The highest BCUT2D eigenvalue weighted by atomic mass is 79.9. The van der Waals surface area contributed by atoms with Gasteiger partial charge in [-0.25, -0.2) is 4.39 Å². The molecular weight excluding hydrogens is 379 g/mol. The monoisotopic (exact) mass is 390 g/mol. The molecule has 8 heteroatoms. The highest BCUT2D eigenvalue weighted by Gasteiger charge is 2.12. The van der Waals surface area contributed by atoms with Crippen molar-refractivity contribution in [1.29, 1.82) is 0 Å². The zero-order valence-corrected chi connectivity index (χ0v) is 14.0. The van der Waals surface area contributed by atoms with Crippen LogP contribution in [0, 0.1) is 5.82 Å². The molecule has 0 saturated carbocycles. The molecule has 1 N–H and O–H groups in total. The van der Waals surface area contributed by atoms with Crippen LogP contribution in [0.4, 0.5) is 10.1 Å². The zero-order valence-electron chi connectivity index (χ0n) is 12.4. The fourth-order valence-electron chi connectivity index (χ4n) is 1.99. The largest absolute Gasteiger partial charge is 0.339 e. The summed E-state index contributed by atoms with van der Waals surface area (Å²) in [6.45, 7) is 0. The zero-order chi connectivity index (χ0) is 16.9. The molecule has 3 rings (SSSR count). The summed E-state index contributed by atoms with van der Waals surface area (Å²) >= 11 is 3.20. The van der Waals surface area contributed by atoms with Crippen LogP contribution in [0.15, 0.2) is 51.7 Å². The van der Waals surface area contributed by atoms with Crippen LogP contribution in [-0.2, 0) is 11.2 Å². The van der Waals surface area contributed by atoms with E-state index < -0.39 is 0 Å². The van der Waals surface area contributed by atoms with Gasteiger partial charge in [-0.3, -0.25) is 9.78 Å². The van der Waals surface area contributed by atoms with Gasteiger partial charge in [0.15, 0.2) is 0 Å². The molecule has 0 saturated heterocycles. The molecule has 0 atom stereocenters. The fraction of sp³-hybridized carbons (Fsp3) is 0.125. The number of hydrogen-bond acceptors (Lipinski definition) is 5. The summed E-state index contributed by atoms with van der Waals surface area (Å²) in [5, 5.41) is 6.56. The first-order chi connectivity index (χ1) is 11.6. The molecule has 0 radical (unpaired) electrons. The van der Waals surface area contributed by atoms with Crippen molar-refractivity contribution in [1.82, 2.24) is 15.1 Å². The molecule has 0 aliphatic heterocycles. The van der Waals surface area contributed by atoms with Gasteiger partial charge < -0.3 is 9.84 Å². The van der Waals surface area contributed by atoms with Crippen molar-refractivity contribution in [2.24, 2.45) is 0 Å². The van der Waals surface area contributed by atoms with Crippen LogP contribution in [0.1, 0.15) is 12.3 Å². The molecule has 0 spiro atoms. The van der Waals surface area contributed by atoms with Gasteiger partial charge in [-0.15, -0.1) is 0 Å². The third-order valence-electron chi connectivity index (χ3n) is 3.16. The number of carbonyl (C=O) groups excluding carboxylic acids is 1. The van der Waals surface area contributed by atoms with Crippen LogP contribution in [-0.4, -0.2) is 21.0 Å². The van der Waals surface area contributed by atoms with Crippen molar-refractivity contribution in [3.05, 3.63) is 58.9 Å². The van der Waals surface area contributed by atoms with Gasteiger partial charge in [0.1, 0.15) is 5.82 Å². The van der Waals surface area contributed by atoms with E-state index in [-0.39, 0.29) is 18.1 Å². The fourth-order valence-corrected chi connectivity index (χ4v) is 2.44. The standard InChI is InChI=1S/C16H12BrFN4O2/c17-12-8-11(18)3-4-13(12)20-14(23)5-6-15-21-16(22-24-15)10-2-1-7-19-9-10/h1-4,7-9H,5-6H2,(H,20,23). The van der Waals surface area contributed by atoms with Crippen LogP contribution in [0.5, 0.6) is 0 Å². The van der Waals surface area contributed by atoms with E-state index in [1.165, 1.54) is 18.2 Å². The molecule has 3 aromatic rings. The number of benzene rings is 1. The Morgan fingerprint density at radius 3 is 2.96 bits per heavy atom. The van der Waals surface area contributed by atoms with Gasteiger partial charge in [-0.1, -0.05) is 5.16 Å². The summed E-state index contributed by atoms with van der Waals surface area (Å²) in [6, 6.07) is 7.65. The van der Waals surface area contributed by atoms with E-state index in [1.54, 1.807) is 18.5 Å². The molecule has 1 aromatic carbocycles. The normalized spacial score (nSPS) is 10.6. The number of hydrogen-bond donors (Lipinski definition) is 1. The van der Waals surface area contributed by atoms with E-state index in [0.29, 0.717) is 28.3 Å². The van der Waals surface area contributed by atoms with Crippen LogP contribution < -0.4 is 5.32 Å². The topological polar surface area (TPSA) is 80.9 Å². The Morgan fingerprint density at radius 1 is 1.33 bits per heavy atom. The van der Waals surface area contributed by atoms with E-state index >= 15 is 0 Å². The van der Waals surface area contributed by atoms with Gasteiger partial charge in [0.25, 0.3) is 0 Å². The van der Waals surface area contributed by atoms with Gasteiger partial charge >= 0.3 is 0 Å². The highest BCUT2D eigenvalue weighted by molar-refractivity contribution is 9.10. The lowest BCUT2D eigenvalue weighted by Crippen LogP contribution is -2.12. The predicted molar refractivity (Wildman–Crippen MR) is 88.6 cm³/mol. The second-order valence-electron chi connectivity index (χ2n) is 4.93. The van der Waals surface area contributed by atoms with Gasteiger partial charge in [-0.05, 0) is 46.3 Å². The van der Waals surface area contributed by atoms with E-state index in [4.69, 9.17) is 4.52 Å². The SMILES string of the molecule is O=C(CCc1nc(-c2cccnc2)no1)Nc1ccc(F)cc1Br. The number of aromatic nitrogens is 3. The average molecular weight is 391 g/mol.